The average molecular weight is 445 g/mol. The third kappa shape index (κ3) is 3.68. The first-order chi connectivity index (χ1) is 14.6. The largest absolute Gasteiger partial charge is 0.374 e. The van der Waals surface area contributed by atoms with Crippen LogP contribution in [0.1, 0.15) is 19.3 Å². The van der Waals surface area contributed by atoms with Gasteiger partial charge < -0.3 is 20.1 Å². The van der Waals surface area contributed by atoms with Gasteiger partial charge in [-0.2, -0.15) is 0 Å². The van der Waals surface area contributed by atoms with Gasteiger partial charge in [0.15, 0.2) is 0 Å². The maximum Gasteiger partial charge on any atom is 0.245 e. The minimum atomic E-state index is -0.259. The molecule has 2 N–H and O–H groups in total. The molecule has 2 aliphatic rings. The van der Waals surface area contributed by atoms with Gasteiger partial charge in [0.05, 0.1) is 5.39 Å². The van der Waals surface area contributed by atoms with Crippen LogP contribution >= 0.6 is 23.2 Å². The summed E-state index contributed by atoms with van der Waals surface area (Å²) in [5.41, 5.74) is 1.61. The first-order valence-corrected chi connectivity index (χ1v) is 10.9. The number of fused-ring (bicyclic) bond motifs is 1. The van der Waals surface area contributed by atoms with Crippen LogP contribution in [0, 0.1) is 0 Å². The van der Waals surface area contributed by atoms with Crippen LogP contribution in [0.15, 0.2) is 36.8 Å². The average Bonchev–Trinajstić information content (AvgIpc) is 3.34. The zero-order valence-electron chi connectivity index (χ0n) is 16.3. The molecule has 3 aromatic rings. The molecule has 1 aromatic carbocycles. The number of nitrogens with zero attached hydrogens (tertiary/aromatic N) is 4. The third-order valence-corrected chi connectivity index (χ3v) is 6.35. The summed E-state index contributed by atoms with van der Waals surface area (Å²) >= 11 is 12.2. The number of nitrogens with one attached hydrogen (secondary N) is 2. The fourth-order valence-electron chi connectivity index (χ4n) is 4.55. The van der Waals surface area contributed by atoms with E-state index in [4.69, 9.17) is 23.2 Å². The summed E-state index contributed by atoms with van der Waals surface area (Å²) in [4.78, 5) is 29.4. The molecule has 1 amide bonds. The maximum absolute atomic E-state index is 13.1. The molecule has 0 spiro atoms. The molecule has 0 bridgehead atoms. The summed E-state index contributed by atoms with van der Waals surface area (Å²) in [5, 5.41) is 5.43. The Kier molecular flexibility index (Phi) is 5.16. The van der Waals surface area contributed by atoms with Crippen molar-refractivity contribution in [2.75, 3.05) is 29.9 Å². The third-order valence-electron chi connectivity index (χ3n) is 5.91. The Morgan fingerprint density at radius 1 is 1.10 bits per heavy atom. The zero-order valence-corrected chi connectivity index (χ0v) is 17.8. The Hall–Kier alpha value is -2.51. The van der Waals surface area contributed by atoms with E-state index in [2.05, 4.69) is 25.2 Å². The molecule has 0 aliphatic carbocycles. The number of aromatic amines is 1. The van der Waals surface area contributed by atoms with E-state index in [-0.39, 0.29) is 18.0 Å². The molecule has 2 saturated heterocycles. The van der Waals surface area contributed by atoms with Crippen molar-refractivity contribution in [3.8, 4) is 0 Å². The number of likely N-dealkylation sites (tertiary alicyclic amines) is 1. The highest BCUT2D eigenvalue weighted by Gasteiger charge is 2.38. The first kappa shape index (κ1) is 19.5. The van der Waals surface area contributed by atoms with E-state index in [0.717, 1.165) is 61.4 Å². The van der Waals surface area contributed by atoms with Gasteiger partial charge in [0.1, 0.15) is 23.8 Å². The molecule has 9 heteroatoms. The van der Waals surface area contributed by atoms with E-state index in [1.54, 1.807) is 24.5 Å². The highest BCUT2D eigenvalue weighted by Crippen LogP contribution is 2.30. The molecule has 0 saturated carbocycles. The number of hydrogen-bond acceptors (Lipinski definition) is 5. The monoisotopic (exact) mass is 444 g/mol. The van der Waals surface area contributed by atoms with Crippen LogP contribution < -0.4 is 10.2 Å². The van der Waals surface area contributed by atoms with Crippen LogP contribution in [0.3, 0.4) is 0 Å². The number of rotatable bonds is 4. The summed E-state index contributed by atoms with van der Waals surface area (Å²) in [6, 6.07) is 7.19. The van der Waals surface area contributed by atoms with Gasteiger partial charge in [-0.15, -0.1) is 0 Å². The second kappa shape index (κ2) is 7.96. The topological polar surface area (TPSA) is 77.2 Å². The first-order valence-electron chi connectivity index (χ1n) is 10.1. The Morgan fingerprint density at radius 3 is 2.77 bits per heavy atom. The lowest BCUT2D eigenvalue weighted by Crippen LogP contribution is -2.50. The lowest BCUT2D eigenvalue weighted by atomic mass is 10.0. The van der Waals surface area contributed by atoms with Crippen LogP contribution in [0.5, 0.6) is 0 Å². The number of hydrogen-bond donors (Lipinski definition) is 2. The van der Waals surface area contributed by atoms with Crippen molar-refractivity contribution in [2.45, 2.75) is 31.3 Å². The fourth-order valence-corrected chi connectivity index (χ4v) is 5.08. The number of benzene rings is 1. The number of carbonyl (C=O) groups excluding carboxylic acids is 1. The highest BCUT2D eigenvalue weighted by molar-refractivity contribution is 6.35. The van der Waals surface area contributed by atoms with E-state index in [1.165, 1.54) is 0 Å². The van der Waals surface area contributed by atoms with Crippen molar-refractivity contribution in [2.24, 2.45) is 0 Å². The van der Waals surface area contributed by atoms with Crippen molar-refractivity contribution < 1.29 is 4.79 Å². The van der Waals surface area contributed by atoms with E-state index in [1.807, 2.05) is 17.2 Å². The molecule has 2 aliphatic heterocycles. The van der Waals surface area contributed by atoms with Crippen molar-refractivity contribution in [3.63, 3.8) is 0 Å². The van der Waals surface area contributed by atoms with Crippen LogP contribution in [-0.4, -0.2) is 57.5 Å². The molecule has 30 heavy (non-hydrogen) atoms. The smallest absolute Gasteiger partial charge is 0.245 e. The Morgan fingerprint density at radius 2 is 1.93 bits per heavy atom. The number of aromatic nitrogens is 3. The molecule has 0 unspecified atom stereocenters. The highest BCUT2D eigenvalue weighted by atomic mass is 35.5. The van der Waals surface area contributed by atoms with Gasteiger partial charge in [-0.05, 0) is 43.5 Å². The molecular formula is C21H22Cl2N6O. The SMILES string of the molecule is O=C1[C@@H](Nc2cc(Cl)cc(Cl)c2)CCN1[C@@H]1CCCN(c2ncnc3[nH]ccc23)C1. The molecule has 2 atom stereocenters. The van der Waals surface area contributed by atoms with Crippen LogP contribution in [0.2, 0.25) is 10.0 Å². The van der Waals surface area contributed by atoms with Crippen molar-refractivity contribution in [1.29, 1.82) is 0 Å². The van der Waals surface area contributed by atoms with Gasteiger partial charge in [0.25, 0.3) is 0 Å². The van der Waals surface area contributed by atoms with Crippen molar-refractivity contribution in [1.82, 2.24) is 19.9 Å². The summed E-state index contributed by atoms with van der Waals surface area (Å²) in [7, 11) is 0. The number of carbonyl (C=O) groups is 1. The normalized spacial score (nSPS) is 22.1. The van der Waals surface area contributed by atoms with Gasteiger partial charge in [-0.25, -0.2) is 9.97 Å². The lowest BCUT2D eigenvalue weighted by Gasteiger charge is -2.38. The Balaban J connectivity index is 1.30. The number of halogens is 2. The molecule has 7 nitrogen and oxygen atoms in total. The number of anilines is 2. The van der Waals surface area contributed by atoms with Gasteiger partial charge in [-0.1, -0.05) is 23.2 Å². The predicted molar refractivity (Wildman–Crippen MR) is 119 cm³/mol. The van der Waals surface area contributed by atoms with E-state index in [9.17, 15) is 4.79 Å². The molecule has 0 radical (unpaired) electrons. The lowest BCUT2D eigenvalue weighted by molar-refractivity contribution is -0.130. The molecule has 4 heterocycles. The number of piperidine rings is 1. The van der Waals surface area contributed by atoms with Crippen molar-refractivity contribution >= 4 is 51.6 Å². The standard InChI is InChI=1S/C21H22Cl2N6O/c22-13-8-14(23)10-15(9-13)27-18-4-7-29(21(18)30)16-2-1-6-28(11-16)20-17-3-5-24-19(17)25-12-26-20/h3,5,8-10,12,16,18,27H,1-2,4,6-7,11H2,(H,24,25,26)/t16-,18+/m1/s1. The second-order valence-electron chi connectivity index (χ2n) is 7.85. The quantitative estimate of drug-likeness (QED) is 0.636. The number of amides is 1. The molecular weight excluding hydrogens is 423 g/mol. The van der Waals surface area contributed by atoms with Gasteiger partial charge in [0.2, 0.25) is 5.91 Å². The van der Waals surface area contributed by atoms with E-state index in [0.29, 0.717) is 10.0 Å². The number of H-pyrrole nitrogens is 1. The molecule has 2 fully saturated rings. The minimum Gasteiger partial charge on any atom is -0.374 e. The zero-order chi connectivity index (χ0) is 20.7. The Labute approximate surface area is 184 Å². The van der Waals surface area contributed by atoms with Crippen LogP contribution in [0.4, 0.5) is 11.5 Å². The van der Waals surface area contributed by atoms with Crippen LogP contribution in [0.25, 0.3) is 11.0 Å². The van der Waals surface area contributed by atoms with E-state index >= 15 is 0 Å². The predicted octanol–water partition coefficient (Wildman–Crippen LogP) is 3.95. The van der Waals surface area contributed by atoms with Crippen LogP contribution in [-0.2, 0) is 4.79 Å². The van der Waals surface area contributed by atoms with E-state index < -0.39 is 0 Å². The van der Waals surface area contributed by atoms with Gasteiger partial charge in [0, 0.05) is 47.6 Å². The summed E-state index contributed by atoms with van der Waals surface area (Å²) < 4.78 is 0. The van der Waals surface area contributed by atoms with Crippen molar-refractivity contribution in [3.05, 3.63) is 46.8 Å². The van der Waals surface area contributed by atoms with Gasteiger partial charge >= 0.3 is 0 Å². The maximum atomic E-state index is 13.1. The minimum absolute atomic E-state index is 0.132. The van der Waals surface area contributed by atoms with Gasteiger partial charge in [-0.3, -0.25) is 4.79 Å². The Bertz CT molecular complexity index is 1070. The summed E-state index contributed by atoms with van der Waals surface area (Å²) in [6.45, 7) is 2.45. The second-order valence-corrected chi connectivity index (χ2v) is 8.73. The summed E-state index contributed by atoms with van der Waals surface area (Å²) in [6.07, 6.45) is 6.25. The molecule has 5 rings (SSSR count). The fraction of sp³-hybridized carbons (Fsp3) is 0.381. The molecule has 2 aromatic heterocycles. The summed E-state index contributed by atoms with van der Waals surface area (Å²) in [5.74, 6) is 1.06. The molecule has 156 valence electrons.